The van der Waals surface area contributed by atoms with Crippen molar-refractivity contribution in [1.29, 1.82) is 0 Å². The molecule has 0 aromatic rings. The maximum atomic E-state index is 12.8. The van der Waals surface area contributed by atoms with Crippen LogP contribution in [0.2, 0.25) is 0 Å². The number of ether oxygens (including phenoxy) is 3. The van der Waals surface area contributed by atoms with E-state index < -0.39 is 77.7 Å². The van der Waals surface area contributed by atoms with Crippen molar-refractivity contribution in [2.24, 2.45) is 29.1 Å². The molecule has 6 unspecified atom stereocenters. The summed E-state index contributed by atoms with van der Waals surface area (Å²) in [4.78, 5) is 37.0. The number of rotatable bonds is 5. The van der Waals surface area contributed by atoms with Crippen LogP contribution in [-0.2, 0) is 28.6 Å². The molecule has 1 saturated heterocycles. The molecule has 13 heteroatoms. The molecule has 2 bridgehead atoms. The van der Waals surface area contributed by atoms with Gasteiger partial charge in [0.25, 0.3) is 6.10 Å². The summed E-state index contributed by atoms with van der Waals surface area (Å²) < 4.78 is 91.4. The minimum absolute atomic E-state index is 0.0894. The predicted octanol–water partition coefficient (Wildman–Crippen LogP) is 3.20. The van der Waals surface area contributed by atoms with E-state index in [1.807, 2.05) is 22.6 Å². The van der Waals surface area contributed by atoms with E-state index in [0.717, 1.165) is 0 Å². The number of alkyl halides is 7. The highest BCUT2D eigenvalue weighted by Crippen LogP contribution is 2.59. The molecule has 6 atom stereocenters. The number of carbonyl (C=O) groups is 3. The molecule has 0 spiro atoms. The topological polar surface area (TPSA) is 78.9 Å². The summed E-state index contributed by atoms with van der Waals surface area (Å²) in [5, 5.41) is 0. The lowest BCUT2D eigenvalue weighted by Gasteiger charge is -2.33. The molecule has 2 aliphatic carbocycles. The first kappa shape index (κ1) is 23.4. The molecule has 0 radical (unpaired) electrons. The Hall–Kier alpha value is -1.28. The Balaban J connectivity index is 1.84. The van der Waals surface area contributed by atoms with Gasteiger partial charge in [0.2, 0.25) is 0 Å². The lowest BCUT2D eigenvalue weighted by atomic mass is 9.78. The van der Waals surface area contributed by atoms with Crippen molar-refractivity contribution in [3.05, 3.63) is 0 Å². The monoisotopic (exact) mass is 558 g/mol. The van der Waals surface area contributed by atoms with Gasteiger partial charge < -0.3 is 14.2 Å². The Morgan fingerprint density at radius 3 is 2.20 bits per heavy atom. The second-order valence-corrected chi connectivity index (χ2v) is 9.07. The van der Waals surface area contributed by atoms with Crippen LogP contribution in [0, 0.1) is 29.1 Å². The summed E-state index contributed by atoms with van der Waals surface area (Å²) in [6, 6.07) is 0. The third kappa shape index (κ3) is 3.85. The van der Waals surface area contributed by atoms with E-state index in [1.54, 1.807) is 13.8 Å². The zero-order chi connectivity index (χ0) is 22.8. The largest absolute Gasteiger partial charge is 0.458 e. The Morgan fingerprint density at radius 1 is 1.13 bits per heavy atom. The van der Waals surface area contributed by atoms with Crippen molar-refractivity contribution in [3.63, 3.8) is 0 Å². The van der Waals surface area contributed by atoms with E-state index >= 15 is 0 Å². The van der Waals surface area contributed by atoms with Gasteiger partial charge in [-0.3, -0.25) is 14.4 Å². The van der Waals surface area contributed by atoms with E-state index in [4.69, 9.17) is 9.47 Å². The van der Waals surface area contributed by atoms with Gasteiger partial charge in [0.05, 0.1) is 17.3 Å². The van der Waals surface area contributed by atoms with Crippen LogP contribution in [0.1, 0.15) is 20.3 Å². The molecular weight excluding hydrogens is 541 g/mol. The molecule has 3 rings (SSSR count). The number of halogens is 7. The van der Waals surface area contributed by atoms with Crippen molar-refractivity contribution >= 4 is 40.5 Å². The molecule has 6 nitrogen and oxygen atoms in total. The zero-order valence-electron chi connectivity index (χ0n) is 15.6. The first-order chi connectivity index (χ1) is 13.6. The van der Waals surface area contributed by atoms with Crippen LogP contribution in [0.25, 0.3) is 0 Å². The molecule has 0 amide bonds. The predicted molar refractivity (Wildman–Crippen MR) is 93.0 cm³/mol. The first-order valence-corrected chi connectivity index (χ1v) is 10.4. The van der Waals surface area contributed by atoms with E-state index in [1.165, 1.54) is 0 Å². The van der Waals surface area contributed by atoms with E-state index in [9.17, 15) is 40.7 Å². The van der Waals surface area contributed by atoms with Gasteiger partial charge in [0.1, 0.15) is 12.2 Å². The zero-order valence-corrected chi connectivity index (χ0v) is 17.7. The van der Waals surface area contributed by atoms with E-state index in [-0.39, 0.29) is 6.42 Å². The second-order valence-electron chi connectivity index (χ2n) is 8.30. The normalized spacial score (nSPS) is 33.1. The summed E-state index contributed by atoms with van der Waals surface area (Å²) in [6.07, 6.45) is -18.0. The van der Waals surface area contributed by atoms with Crippen molar-refractivity contribution in [2.75, 3.05) is 4.43 Å². The van der Waals surface area contributed by atoms with Gasteiger partial charge in [-0.05, 0) is 20.3 Å². The second kappa shape index (κ2) is 7.40. The number of carbonyl (C=O) groups excluding carboxylic acids is 3. The molecular formula is C17H17F6IO6. The molecule has 3 aliphatic rings. The molecule has 30 heavy (non-hydrogen) atoms. The summed E-state index contributed by atoms with van der Waals surface area (Å²) in [7, 11) is 0. The minimum Gasteiger partial charge on any atom is -0.458 e. The average molecular weight is 558 g/mol. The number of hydrogen-bond acceptors (Lipinski definition) is 6. The summed E-state index contributed by atoms with van der Waals surface area (Å²) in [5.41, 5.74) is -0.932. The van der Waals surface area contributed by atoms with Crippen molar-refractivity contribution in [3.8, 4) is 0 Å². The smallest absolute Gasteiger partial charge is 0.434 e. The number of hydrogen-bond donors (Lipinski definition) is 0. The lowest BCUT2D eigenvalue weighted by molar-refractivity contribution is -0.315. The summed E-state index contributed by atoms with van der Waals surface area (Å²) in [5.74, 6) is -7.85. The quantitative estimate of drug-likeness (QED) is 0.170. The molecule has 0 aromatic heterocycles. The fourth-order valence-corrected chi connectivity index (χ4v) is 4.63. The van der Waals surface area contributed by atoms with Gasteiger partial charge in [-0.2, -0.15) is 26.3 Å². The summed E-state index contributed by atoms with van der Waals surface area (Å²) in [6.45, 7) is 3.17. The van der Waals surface area contributed by atoms with Gasteiger partial charge in [0, 0.05) is 16.3 Å². The third-order valence-electron chi connectivity index (χ3n) is 5.78. The van der Waals surface area contributed by atoms with E-state index in [2.05, 4.69) is 4.74 Å². The summed E-state index contributed by atoms with van der Waals surface area (Å²) >= 11 is 1.95. The van der Waals surface area contributed by atoms with Gasteiger partial charge in [0.15, 0.2) is 0 Å². The van der Waals surface area contributed by atoms with Crippen molar-refractivity contribution in [2.45, 2.75) is 50.9 Å². The fraction of sp³-hybridized carbons (Fsp3) is 0.824. The van der Waals surface area contributed by atoms with Crippen LogP contribution >= 0.6 is 22.6 Å². The number of esters is 3. The molecule has 2 saturated carbocycles. The minimum atomic E-state index is -5.87. The van der Waals surface area contributed by atoms with Crippen molar-refractivity contribution in [1.82, 2.24) is 0 Å². The van der Waals surface area contributed by atoms with Gasteiger partial charge >= 0.3 is 30.3 Å². The number of fused-ring (bicyclic) bond motifs is 1. The maximum absolute atomic E-state index is 12.8. The van der Waals surface area contributed by atoms with Crippen LogP contribution in [0.5, 0.6) is 0 Å². The maximum Gasteiger partial charge on any atom is 0.434 e. The Kier molecular flexibility index (Phi) is 5.77. The van der Waals surface area contributed by atoms with Crippen LogP contribution < -0.4 is 0 Å². The Bertz CT molecular complexity index is 736. The highest BCUT2D eigenvalue weighted by molar-refractivity contribution is 14.1. The van der Waals surface area contributed by atoms with E-state index in [0.29, 0.717) is 4.43 Å². The lowest BCUT2D eigenvalue weighted by Crippen LogP contribution is -2.50. The van der Waals surface area contributed by atoms with Crippen molar-refractivity contribution < 1.29 is 54.9 Å². The molecule has 1 heterocycles. The average Bonchev–Trinajstić information content (AvgIpc) is 3.20. The molecule has 0 aromatic carbocycles. The van der Waals surface area contributed by atoms with Gasteiger partial charge in [-0.1, -0.05) is 22.6 Å². The molecule has 3 fully saturated rings. The molecule has 0 N–H and O–H groups in total. The SMILES string of the molecule is CC(C)(CI)C(=O)OC1C2CC3C1OC(=O)C3C2C(=O)OC(C(F)(F)F)C(F)(F)F. The fourth-order valence-electron chi connectivity index (χ4n) is 4.32. The van der Waals surface area contributed by atoms with Gasteiger partial charge in [-0.15, -0.1) is 0 Å². The highest BCUT2D eigenvalue weighted by atomic mass is 127. The molecule has 170 valence electrons. The first-order valence-electron chi connectivity index (χ1n) is 8.91. The Labute approximate surface area is 180 Å². The van der Waals surface area contributed by atoms with Crippen LogP contribution in [0.4, 0.5) is 26.3 Å². The third-order valence-corrected chi connectivity index (χ3v) is 7.68. The van der Waals surface area contributed by atoms with Crippen LogP contribution in [0.3, 0.4) is 0 Å². The van der Waals surface area contributed by atoms with Gasteiger partial charge in [-0.25, -0.2) is 0 Å². The Morgan fingerprint density at radius 2 is 1.70 bits per heavy atom. The van der Waals surface area contributed by atoms with Crippen LogP contribution in [-0.4, -0.2) is 53.0 Å². The standard InChI is InChI=1S/C17H17F6IO6/c1-15(2,4-24)14(27)29-10-6-3-5-7(11(25)28-9(5)10)8(6)12(26)30-13(16(18,19)20)17(21,22)23/h5-10,13H,3-4H2,1-2H3. The molecule has 1 aliphatic heterocycles. The van der Waals surface area contributed by atoms with Crippen LogP contribution in [0.15, 0.2) is 0 Å². The highest BCUT2D eigenvalue weighted by Gasteiger charge is 2.71.